The quantitative estimate of drug-likeness (QED) is 0.375. The first kappa shape index (κ1) is 24.3. The zero-order valence-electron chi connectivity index (χ0n) is 19.5. The molecular formula is C26H28ClN3O3. The van der Waals surface area contributed by atoms with Crippen LogP contribution < -0.4 is 9.64 Å². The summed E-state index contributed by atoms with van der Waals surface area (Å²) in [5.74, 6) is 0.396. The average Bonchev–Trinajstić information content (AvgIpc) is 2.83. The second-order valence-corrected chi connectivity index (χ2v) is 8.08. The molecule has 1 N–H and O–H groups in total. The monoisotopic (exact) mass is 465 g/mol. The molecule has 1 aromatic heterocycles. The van der Waals surface area contributed by atoms with E-state index in [9.17, 15) is 9.90 Å². The van der Waals surface area contributed by atoms with E-state index in [2.05, 4.69) is 4.90 Å². The Balaban J connectivity index is 2.28. The van der Waals surface area contributed by atoms with Crippen molar-refractivity contribution < 1.29 is 14.6 Å². The lowest BCUT2D eigenvalue weighted by atomic mass is 10.1. The molecular weight excluding hydrogens is 438 g/mol. The third kappa shape index (κ3) is 5.34. The van der Waals surface area contributed by atoms with Gasteiger partial charge in [0, 0.05) is 22.8 Å². The number of halogens is 1. The predicted octanol–water partition coefficient (Wildman–Crippen LogP) is 6.66. The first-order valence-corrected chi connectivity index (χ1v) is 11.2. The molecule has 172 valence electrons. The maximum absolute atomic E-state index is 11.5. The average molecular weight is 466 g/mol. The number of nitrogens with zero attached hydrogens (tertiary/aromatic N) is 3. The highest BCUT2D eigenvalue weighted by atomic mass is 35.5. The molecule has 6 nitrogen and oxygen atoms in total. The van der Waals surface area contributed by atoms with Crippen molar-refractivity contribution in [2.45, 2.75) is 34.1 Å². The first-order valence-electron chi connectivity index (χ1n) is 10.8. The Bertz CT molecular complexity index is 1230. The summed E-state index contributed by atoms with van der Waals surface area (Å²) in [4.78, 5) is 23.4. The molecule has 0 aliphatic carbocycles. The lowest BCUT2D eigenvalue weighted by Crippen LogP contribution is -2.24. The largest absolute Gasteiger partial charge is 0.497 e. The number of allylic oxidation sites excluding steroid dienone is 4. The Morgan fingerprint density at radius 3 is 2.36 bits per heavy atom. The van der Waals surface area contributed by atoms with Crippen LogP contribution in [0.1, 0.15) is 44.5 Å². The number of benzene rings is 2. The number of aromatic carboxylic acids is 1. The Kier molecular flexibility index (Phi) is 7.71. The van der Waals surface area contributed by atoms with Crippen molar-refractivity contribution in [1.29, 1.82) is 0 Å². The van der Waals surface area contributed by atoms with Gasteiger partial charge in [0.1, 0.15) is 11.4 Å². The van der Waals surface area contributed by atoms with Gasteiger partial charge in [0.2, 0.25) is 0 Å². The SMILES string of the molecule is CC/C(Cl)=C\C(C)=C(/C)N(CC)c1nc2cc(C(=O)O)ccc2nc1-c1ccc(OC)cc1. The van der Waals surface area contributed by atoms with Gasteiger partial charge in [-0.3, -0.25) is 0 Å². The first-order chi connectivity index (χ1) is 15.8. The zero-order chi connectivity index (χ0) is 24.1. The lowest BCUT2D eigenvalue weighted by Gasteiger charge is -2.26. The van der Waals surface area contributed by atoms with Gasteiger partial charge in [-0.25, -0.2) is 14.8 Å². The molecule has 0 spiro atoms. The summed E-state index contributed by atoms with van der Waals surface area (Å²) in [5, 5.41) is 10.2. The topological polar surface area (TPSA) is 75.6 Å². The Hall–Kier alpha value is -3.38. The Morgan fingerprint density at radius 2 is 1.79 bits per heavy atom. The molecule has 1 heterocycles. The van der Waals surface area contributed by atoms with Gasteiger partial charge in [-0.15, -0.1) is 0 Å². The second kappa shape index (κ2) is 10.5. The molecule has 0 atom stereocenters. The smallest absolute Gasteiger partial charge is 0.335 e. The van der Waals surface area contributed by atoms with Crippen LogP contribution in [0.5, 0.6) is 5.75 Å². The highest BCUT2D eigenvalue weighted by molar-refractivity contribution is 6.29. The van der Waals surface area contributed by atoms with Crippen molar-refractivity contribution in [3.8, 4) is 17.0 Å². The zero-order valence-corrected chi connectivity index (χ0v) is 20.3. The van der Waals surface area contributed by atoms with Crippen LogP contribution in [-0.4, -0.2) is 34.7 Å². The maximum atomic E-state index is 11.5. The number of aromatic nitrogens is 2. The number of hydrogen-bond acceptors (Lipinski definition) is 5. The number of methoxy groups -OCH3 is 1. The van der Waals surface area contributed by atoms with Crippen LogP contribution in [0, 0.1) is 0 Å². The van der Waals surface area contributed by atoms with Crippen molar-refractivity contribution in [2.24, 2.45) is 0 Å². The molecule has 7 heteroatoms. The van der Waals surface area contributed by atoms with Crippen LogP contribution in [0.2, 0.25) is 0 Å². The fourth-order valence-electron chi connectivity index (χ4n) is 3.51. The molecule has 0 saturated heterocycles. The van der Waals surface area contributed by atoms with Crippen LogP contribution in [0.25, 0.3) is 22.3 Å². The van der Waals surface area contributed by atoms with Crippen LogP contribution in [-0.2, 0) is 0 Å². The number of rotatable bonds is 8. The minimum absolute atomic E-state index is 0.170. The van der Waals surface area contributed by atoms with E-state index in [1.807, 2.05) is 58.0 Å². The van der Waals surface area contributed by atoms with E-state index in [4.69, 9.17) is 26.3 Å². The summed E-state index contributed by atoms with van der Waals surface area (Å²) in [5.41, 5.74) is 4.91. The molecule has 0 amide bonds. The van der Waals surface area contributed by atoms with E-state index in [1.165, 1.54) is 0 Å². The molecule has 33 heavy (non-hydrogen) atoms. The molecule has 0 fully saturated rings. The fourth-order valence-corrected chi connectivity index (χ4v) is 3.67. The van der Waals surface area contributed by atoms with Gasteiger partial charge in [0.25, 0.3) is 0 Å². The van der Waals surface area contributed by atoms with Crippen molar-refractivity contribution in [2.75, 3.05) is 18.6 Å². The number of ether oxygens (including phenoxy) is 1. The predicted molar refractivity (Wildman–Crippen MR) is 134 cm³/mol. The van der Waals surface area contributed by atoms with E-state index in [0.29, 0.717) is 29.1 Å². The fraction of sp³-hybridized carbons (Fsp3) is 0.269. The maximum Gasteiger partial charge on any atom is 0.335 e. The Morgan fingerprint density at radius 1 is 1.09 bits per heavy atom. The van der Waals surface area contributed by atoms with Crippen molar-refractivity contribution in [3.63, 3.8) is 0 Å². The number of anilines is 1. The standard InChI is InChI=1S/C26H28ClN3O3/c1-6-20(27)14-16(3)17(4)30(7-2)25-24(18-8-11-21(33-5)12-9-18)28-22-13-10-19(26(31)32)15-23(22)29-25/h8-15H,6-7H2,1-5H3,(H,31,32)/b17-16+,20-14+. The van der Waals surface area contributed by atoms with Crippen LogP contribution in [0.15, 0.2) is 64.8 Å². The number of fused-ring (bicyclic) bond motifs is 1. The molecule has 0 bridgehead atoms. The van der Waals surface area contributed by atoms with Crippen molar-refractivity contribution >= 4 is 34.4 Å². The van der Waals surface area contributed by atoms with Gasteiger partial charge in [0.05, 0.1) is 23.7 Å². The van der Waals surface area contributed by atoms with Gasteiger partial charge in [-0.2, -0.15) is 0 Å². The highest BCUT2D eigenvalue weighted by Crippen LogP contribution is 2.33. The number of carboxylic acid groups (broad SMARTS) is 1. The summed E-state index contributed by atoms with van der Waals surface area (Å²) < 4.78 is 5.30. The summed E-state index contributed by atoms with van der Waals surface area (Å²) in [6.07, 6.45) is 2.72. The Labute approximate surface area is 199 Å². The number of hydrogen-bond donors (Lipinski definition) is 1. The van der Waals surface area contributed by atoms with E-state index in [1.54, 1.807) is 25.3 Å². The minimum atomic E-state index is -1.00. The van der Waals surface area contributed by atoms with Crippen molar-refractivity contribution in [3.05, 3.63) is 70.4 Å². The molecule has 0 aliphatic heterocycles. The lowest BCUT2D eigenvalue weighted by molar-refractivity contribution is 0.0697. The van der Waals surface area contributed by atoms with Crippen LogP contribution in [0.4, 0.5) is 5.82 Å². The molecule has 0 unspecified atom stereocenters. The molecule has 0 radical (unpaired) electrons. The minimum Gasteiger partial charge on any atom is -0.497 e. The highest BCUT2D eigenvalue weighted by Gasteiger charge is 2.19. The van der Waals surface area contributed by atoms with E-state index < -0.39 is 5.97 Å². The van der Waals surface area contributed by atoms with Gasteiger partial charge >= 0.3 is 5.97 Å². The second-order valence-electron chi connectivity index (χ2n) is 7.59. The third-order valence-corrected chi connectivity index (χ3v) is 5.89. The van der Waals surface area contributed by atoms with Gasteiger partial charge < -0.3 is 14.7 Å². The summed E-state index contributed by atoms with van der Waals surface area (Å²) in [7, 11) is 1.63. The van der Waals surface area contributed by atoms with Gasteiger partial charge in [-0.05, 0) is 81.3 Å². The molecule has 0 saturated carbocycles. The van der Waals surface area contributed by atoms with Gasteiger partial charge in [0.15, 0.2) is 5.82 Å². The molecule has 3 aromatic rings. The van der Waals surface area contributed by atoms with E-state index in [-0.39, 0.29) is 5.56 Å². The molecule has 2 aromatic carbocycles. The van der Waals surface area contributed by atoms with Crippen LogP contribution >= 0.6 is 11.6 Å². The third-order valence-electron chi connectivity index (χ3n) is 5.51. The number of carbonyl (C=O) groups is 1. The van der Waals surface area contributed by atoms with Crippen LogP contribution in [0.3, 0.4) is 0 Å². The summed E-state index contributed by atoms with van der Waals surface area (Å²) in [6, 6.07) is 12.4. The normalized spacial score (nSPS) is 12.5. The van der Waals surface area contributed by atoms with E-state index >= 15 is 0 Å². The van der Waals surface area contributed by atoms with Gasteiger partial charge in [-0.1, -0.05) is 18.5 Å². The van der Waals surface area contributed by atoms with E-state index in [0.717, 1.165) is 34.0 Å². The van der Waals surface area contributed by atoms with Crippen molar-refractivity contribution in [1.82, 2.24) is 9.97 Å². The summed E-state index contributed by atoms with van der Waals surface area (Å²) >= 11 is 6.29. The molecule has 0 aliphatic rings. The summed E-state index contributed by atoms with van der Waals surface area (Å²) in [6.45, 7) is 8.73. The number of carboxylic acids is 1. The molecule has 3 rings (SSSR count).